The van der Waals surface area contributed by atoms with Crippen LogP contribution in [0.5, 0.6) is 0 Å². The molecule has 3 rings (SSSR count). The van der Waals surface area contributed by atoms with E-state index in [1.54, 1.807) is 0 Å². The lowest BCUT2D eigenvalue weighted by Crippen LogP contribution is -2.40. The van der Waals surface area contributed by atoms with Crippen molar-refractivity contribution in [2.45, 2.75) is 12.8 Å². The number of carbonyl (C=O) groups excluding carboxylic acids is 2. The van der Waals surface area contributed by atoms with Crippen molar-refractivity contribution in [1.82, 2.24) is 4.90 Å². The van der Waals surface area contributed by atoms with Crippen LogP contribution in [0, 0.1) is 5.92 Å². The van der Waals surface area contributed by atoms with Gasteiger partial charge in [-0.05, 0) is 42.5 Å². The number of carbonyl (C=O) groups is 2. The number of rotatable bonds is 4. The van der Waals surface area contributed by atoms with Crippen LogP contribution in [0.1, 0.15) is 28.8 Å². The SMILES string of the molecule is NC(=O)/C(=C\c1ccccc1)C1CCN(C(=O)c2ccccc2)CC1. The number of hydrogen-bond donors (Lipinski definition) is 1. The topological polar surface area (TPSA) is 63.4 Å². The molecular weight excluding hydrogens is 312 g/mol. The predicted octanol–water partition coefficient (Wildman–Crippen LogP) is 3.11. The summed E-state index contributed by atoms with van der Waals surface area (Å²) in [5.41, 5.74) is 7.94. The molecule has 0 bridgehead atoms. The Labute approximate surface area is 148 Å². The lowest BCUT2D eigenvalue weighted by Gasteiger charge is -2.32. The molecule has 4 nitrogen and oxygen atoms in total. The van der Waals surface area contributed by atoms with Crippen molar-refractivity contribution in [3.8, 4) is 0 Å². The van der Waals surface area contributed by atoms with Crippen molar-refractivity contribution < 1.29 is 9.59 Å². The summed E-state index contributed by atoms with van der Waals surface area (Å²) in [6.45, 7) is 1.27. The van der Waals surface area contributed by atoms with Crippen LogP contribution in [0.15, 0.2) is 66.2 Å². The van der Waals surface area contributed by atoms with Gasteiger partial charge >= 0.3 is 0 Å². The fourth-order valence-corrected chi connectivity index (χ4v) is 3.28. The van der Waals surface area contributed by atoms with E-state index in [9.17, 15) is 9.59 Å². The smallest absolute Gasteiger partial charge is 0.253 e. The van der Waals surface area contributed by atoms with Gasteiger partial charge in [0, 0.05) is 24.2 Å². The third kappa shape index (κ3) is 4.15. The first-order chi connectivity index (χ1) is 12.1. The molecule has 1 saturated heterocycles. The molecule has 1 heterocycles. The van der Waals surface area contributed by atoms with E-state index in [2.05, 4.69) is 0 Å². The zero-order valence-corrected chi connectivity index (χ0v) is 14.1. The third-order valence-electron chi connectivity index (χ3n) is 4.65. The maximum Gasteiger partial charge on any atom is 0.253 e. The molecule has 2 N–H and O–H groups in total. The first-order valence-electron chi connectivity index (χ1n) is 8.56. The Balaban J connectivity index is 1.69. The van der Waals surface area contributed by atoms with Crippen molar-refractivity contribution in [1.29, 1.82) is 0 Å². The molecule has 4 heteroatoms. The van der Waals surface area contributed by atoms with Gasteiger partial charge in [0.1, 0.15) is 0 Å². The Morgan fingerprint density at radius 2 is 1.48 bits per heavy atom. The molecule has 0 aromatic heterocycles. The summed E-state index contributed by atoms with van der Waals surface area (Å²) in [5.74, 6) is -0.235. The van der Waals surface area contributed by atoms with Crippen LogP contribution >= 0.6 is 0 Å². The van der Waals surface area contributed by atoms with E-state index in [1.165, 1.54) is 0 Å². The molecule has 2 aromatic carbocycles. The minimum atomic E-state index is -0.378. The largest absolute Gasteiger partial charge is 0.366 e. The summed E-state index contributed by atoms with van der Waals surface area (Å²) in [4.78, 5) is 26.3. The van der Waals surface area contributed by atoms with Gasteiger partial charge in [-0.1, -0.05) is 48.5 Å². The zero-order valence-electron chi connectivity index (χ0n) is 14.1. The van der Waals surface area contributed by atoms with E-state index < -0.39 is 0 Å². The van der Waals surface area contributed by atoms with Crippen LogP contribution in [0.25, 0.3) is 6.08 Å². The first kappa shape index (κ1) is 17.0. The minimum absolute atomic E-state index is 0.0479. The molecule has 0 atom stereocenters. The summed E-state index contributed by atoms with van der Waals surface area (Å²) in [5, 5.41) is 0. The number of benzene rings is 2. The monoisotopic (exact) mass is 334 g/mol. The number of amides is 2. The predicted molar refractivity (Wildman–Crippen MR) is 98.7 cm³/mol. The Kier molecular flexibility index (Phi) is 5.29. The van der Waals surface area contributed by atoms with Crippen molar-refractivity contribution in [3.63, 3.8) is 0 Å². The summed E-state index contributed by atoms with van der Waals surface area (Å²) >= 11 is 0. The average Bonchev–Trinajstić information content (AvgIpc) is 2.67. The molecule has 0 unspecified atom stereocenters. The van der Waals surface area contributed by atoms with Crippen LogP contribution in [-0.4, -0.2) is 29.8 Å². The van der Waals surface area contributed by atoms with Crippen LogP contribution < -0.4 is 5.73 Å². The number of primary amides is 1. The molecule has 0 aliphatic carbocycles. The average molecular weight is 334 g/mol. The molecular formula is C21H22N2O2. The van der Waals surface area contributed by atoms with Gasteiger partial charge in [0.05, 0.1) is 0 Å². The highest BCUT2D eigenvalue weighted by molar-refractivity contribution is 5.97. The molecule has 128 valence electrons. The van der Waals surface area contributed by atoms with Gasteiger partial charge in [0.2, 0.25) is 5.91 Å². The van der Waals surface area contributed by atoms with Crippen molar-refractivity contribution in [3.05, 3.63) is 77.4 Å². The first-order valence-corrected chi connectivity index (χ1v) is 8.56. The molecule has 0 radical (unpaired) electrons. The molecule has 0 saturated carbocycles. The standard InChI is InChI=1S/C21H22N2O2/c22-20(24)19(15-16-7-3-1-4-8-16)17-11-13-23(14-12-17)21(25)18-9-5-2-6-10-18/h1-10,15,17H,11-14H2,(H2,22,24)/b19-15-. The van der Waals surface area contributed by atoms with E-state index in [-0.39, 0.29) is 17.7 Å². The number of hydrogen-bond acceptors (Lipinski definition) is 2. The quantitative estimate of drug-likeness (QED) is 0.873. The van der Waals surface area contributed by atoms with Gasteiger partial charge in [0.25, 0.3) is 5.91 Å². The molecule has 1 fully saturated rings. The second kappa shape index (κ2) is 7.79. The molecule has 25 heavy (non-hydrogen) atoms. The Morgan fingerprint density at radius 3 is 2.04 bits per heavy atom. The van der Waals surface area contributed by atoms with Gasteiger partial charge in [-0.3, -0.25) is 9.59 Å². The number of piperidine rings is 1. The van der Waals surface area contributed by atoms with Crippen molar-refractivity contribution in [2.24, 2.45) is 11.7 Å². The van der Waals surface area contributed by atoms with E-state index in [0.717, 1.165) is 18.4 Å². The number of nitrogens with two attached hydrogens (primary N) is 1. The second-order valence-electron chi connectivity index (χ2n) is 6.31. The fraction of sp³-hybridized carbons (Fsp3) is 0.238. The third-order valence-corrected chi connectivity index (χ3v) is 4.65. The lowest BCUT2D eigenvalue weighted by atomic mass is 9.87. The Morgan fingerprint density at radius 1 is 0.920 bits per heavy atom. The van der Waals surface area contributed by atoms with E-state index in [0.29, 0.717) is 24.2 Å². The van der Waals surface area contributed by atoms with Gasteiger partial charge in [0.15, 0.2) is 0 Å². The molecule has 2 amide bonds. The van der Waals surface area contributed by atoms with Crippen LogP contribution in [-0.2, 0) is 4.79 Å². The van der Waals surface area contributed by atoms with Gasteiger partial charge in [-0.25, -0.2) is 0 Å². The van der Waals surface area contributed by atoms with Crippen LogP contribution in [0.3, 0.4) is 0 Å². The van der Waals surface area contributed by atoms with E-state index in [1.807, 2.05) is 71.6 Å². The second-order valence-corrected chi connectivity index (χ2v) is 6.31. The molecule has 0 spiro atoms. The molecule has 2 aromatic rings. The van der Waals surface area contributed by atoms with E-state index >= 15 is 0 Å². The van der Waals surface area contributed by atoms with E-state index in [4.69, 9.17) is 5.73 Å². The number of likely N-dealkylation sites (tertiary alicyclic amines) is 1. The van der Waals surface area contributed by atoms with Crippen molar-refractivity contribution in [2.75, 3.05) is 13.1 Å². The highest BCUT2D eigenvalue weighted by atomic mass is 16.2. The Hall–Kier alpha value is -2.88. The van der Waals surface area contributed by atoms with Gasteiger partial charge < -0.3 is 10.6 Å². The Bertz CT molecular complexity index is 761. The molecule has 1 aliphatic rings. The summed E-state index contributed by atoms with van der Waals surface area (Å²) in [6.07, 6.45) is 3.38. The lowest BCUT2D eigenvalue weighted by molar-refractivity contribution is -0.115. The van der Waals surface area contributed by atoms with Crippen molar-refractivity contribution >= 4 is 17.9 Å². The maximum atomic E-state index is 12.5. The number of nitrogens with zero attached hydrogens (tertiary/aromatic N) is 1. The van der Waals surface area contributed by atoms with Gasteiger partial charge in [-0.2, -0.15) is 0 Å². The fourth-order valence-electron chi connectivity index (χ4n) is 3.28. The summed E-state index contributed by atoms with van der Waals surface area (Å²) in [7, 11) is 0. The zero-order chi connectivity index (χ0) is 17.6. The normalized spacial score (nSPS) is 15.8. The molecule has 1 aliphatic heterocycles. The summed E-state index contributed by atoms with van der Waals surface area (Å²) in [6, 6.07) is 19.0. The highest BCUT2D eigenvalue weighted by Gasteiger charge is 2.27. The maximum absolute atomic E-state index is 12.5. The minimum Gasteiger partial charge on any atom is -0.366 e. The van der Waals surface area contributed by atoms with Gasteiger partial charge in [-0.15, -0.1) is 0 Å². The highest BCUT2D eigenvalue weighted by Crippen LogP contribution is 2.27. The summed E-state index contributed by atoms with van der Waals surface area (Å²) < 4.78 is 0. The van der Waals surface area contributed by atoms with Crippen LogP contribution in [0.4, 0.5) is 0 Å². The van der Waals surface area contributed by atoms with Crippen LogP contribution in [0.2, 0.25) is 0 Å².